The fourth-order valence-electron chi connectivity index (χ4n) is 4.71. The van der Waals surface area contributed by atoms with Gasteiger partial charge in [-0.25, -0.2) is 0 Å². The molecule has 0 aliphatic carbocycles. The van der Waals surface area contributed by atoms with Crippen molar-refractivity contribution < 1.29 is 4.79 Å². The Labute approximate surface area is 179 Å². The SMILES string of the molecule is Cc1ccc2c(c1)C(C)(C)[C@@]1(/C=C/C=C/c3ccc(N(C)C)cc3)NC(=O)CCN21. The molecule has 30 heavy (non-hydrogen) atoms. The van der Waals surface area contributed by atoms with E-state index in [1.165, 1.54) is 22.5 Å². The Kier molecular flexibility index (Phi) is 4.97. The first-order valence-electron chi connectivity index (χ1n) is 10.6. The molecule has 2 aromatic carbocycles. The lowest BCUT2D eigenvalue weighted by molar-refractivity contribution is -0.124. The van der Waals surface area contributed by atoms with E-state index < -0.39 is 5.66 Å². The van der Waals surface area contributed by atoms with E-state index in [1.54, 1.807) is 0 Å². The predicted octanol–water partition coefficient (Wildman–Crippen LogP) is 4.64. The average molecular weight is 402 g/mol. The van der Waals surface area contributed by atoms with Gasteiger partial charge >= 0.3 is 0 Å². The molecule has 1 saturated heterocycles. The van der Waals surface area contributed by atoms with Gasteiger partial charge in [0.2, 0.25) is 5.91 Å². The molecule has 2 aromatic rings. The second kappa shape index (κ2) is 7.35. The summed E-state index contributed by atoms with van der Waals surface area (Å²) in [6.45, 7) is 7.31. The van der Waals surface area contributed by atoms with E-state index in [-0.39, 0.29) is 11.3 Å². The maximum atomic E-state index is 12.5. The number of nitrogens with zero attached hydrogens (tertiary/aromatic N) is 2. The quantitative estimate of drug-likeness (QED) is 0.758. The largest absolute Gasteiger partial charge is 0.378 e. The first-order chi connectivity index (χ1) is 14.2. The lowest BCUT2D eigenvalue weighted by Crippen LogP contribution is -2.68. The Bertz CT molecular complexity index is 1020. The molecule has 0 spiro atoms. The standard InChI is InChI=1S/C26H31N3O/c1-19-9-14-23-22(18-19)25(2,3)26(27-24(30)15-17-29(23)26)16-7-6-8-20-10-12-21(13-11-20)28(4)5/h6-14,16,18H,15,17H2,1-5H3,(H,27,30)/b8-6+,16-7+/t26-/m0/s1. The smallest absolute Gasteiger partial charge is 0.223 e. The maximum Gasteiger partial charge on any atom is 0.223 e. The van der Waals surface area contributed by atoms with Crippen molar-refractivity contribution in [2.75, 3.05) is 30.4 Å². The zero-order valence-corrected chi connectivity index (χ0v) is 18.6. The molecule has 0 bridgehead atoms. The van der Waals surface area contributed by atoms with Gasteiger partial charge in [-0.1, -0.05) is 61.9 Å². The van der Waals surface area contributed by atoms with Crippen molar-refractivity contribution in [3.8, 4) is 0 Å². The Morgan fingerprint density at radius 2 is 1.80 bits per heavy atom. The molecule has 0 unspecified atom stereocenters. The molecule has 0 saturated carbocycles. The van der Waals surface area contributed by atoms with Crippen LogP contribution in [0.5, 0.6) is 0 Å². The second-order valence-electron chi connectivity index (χ2n) is 9.07. The third kappa shape index (κ3) is 3.20. The number of anilines is 2. The van der Waals surface area contributed by atoms with Crippen LogP contribution in [0, 0.1) is 6.92 Å². The molecule has 1 atom stereocenters. The number of hydrogen-bond donors (Lipinski definition) is 1. The van der Waals surface area contributed by atoms with E-state index in [9.17, 15) is 4.79 Å². The normalized spacial score (nSPS) is 22.3. The zero-order chi connectivity index (χ0) is 21.5. The molecule has 1 N–H and O–H groups in total. The van der Waals surface area contributed by atoms with Gasteiger partial charge in [0.25, 0.3) is 0 Å². The molecular weight excluding hydrogens is 370 g/mol. The number of fused-ring (bicyclic) bond motifs is 3. The zero-order valence-electron chi connectivity index (χ0n) is 18.6. The predicted molar refractivity (Wildman–Crippen MR) is 126 cm³/mol. The van der Waals surface area contributed by atoms with E-state index in [0.717, 1.165) is 12.1 Å². The van der Waals surface area contributed by atoms with Gasteiger partial charge in [0.15, 0.2) is 0 Å². The number of allylic oxidation sites excluding steroid dienone is 2. The average Bonchev–Trinajstić information content (AvgIpc) is 2.89. The van der Waals surface area contributed by atoms with Crippen LogP contribution in [0.3, 0.4) is 0 Å². The molecule has 2 heterocycles. The van der Waals surface area contributed by atoms with Gasteiger partial charge in [0.05, 0.1) is 0 Å². The molecule has 1 amide bonds. The van der Waals surface area contributed by atoms with E-state index in [2.05, 4.69) is 103 Å². The number of carbonyl (C=O) groups excluding carboxylic acids is 1. The van der Waals surface area contributed by atoms with Gasteiger partial charge < -0.3 is 15.1 Å². The molecule has 0 radical (unpaired) electrons. The van der Waals surface area contributed by atoms with Gasteiger partial charge in [0.1, 0.15) is 5.66 Å². The molecule has 4 rings (SSSR count). The van der Waals surface area contributed by atoms with Gasteiger partial charge in [-0.3, -0.25) is 4.79 Å². The number of nitrogens with one attached hydrogen (secondary N) is 1. The van der Waals surface area contributed by atoms with Crippen LogP contribution in [0.25, 0.3) is 6.08 Å². The summed E-state index contributed by atoms with van der Waals surface area (Å²) in [7, 11) is 4.08. The fourth-order valence-corrected chi connectivity index (χ4v) is 4.71. The molecule has 4 heteroatoms. The Balaban J connectivity index is 1.65. The molecule has 0 aromatic heterocycles. The van der Waals surface area contributed by atoms with Gasteiger partial charge in [-0.05, 0) is 42.3 Å². The van der Waals surface area contributed by atoms with Crippen LogP contribution >= 0.6 is 0 Å². The summed E-state index contributed by atoms with van der Waals surface area (Å²) in [6, 6.07) is 15.1. The molecule has 2 aliphatic heterocycles. The second-order valence-corrected chi connectivity index (χ2v) is 9.07. The van der Waals surface area contributed by atoms with Gasteiger partial charge in [0, 0.05) is 43.9 Å². The maximum absolute atomic E-state index is 12.5. The van der Waals surface area contributed by atoms with Crippen molar-refractivity contribution in [3.05, 3.63) is 77.4 Å². The monoisotopic (exact) mass is 401 g/mol. The molecule has 4 nitrogen and oxygen atoms in total. The van der Waals surface area contributed by atoms with Crippen molar-refractivity contribution in [2.45, 2.75) is 38.3 Å². The van der Waals surface area contributed by atoms with E-state index >= 15 is 0 Å². The van der Waals surface area contributed by atoms with Crippen molar-refractivity contribution in [1.29, 1.82) is 0 Å². The van der Waals surface area contributed by atoms with Crippen molar-refractivity contribution >= 4 is 23.4 Å². The minimum atomic E-state index is -0.558. The summed E-state index contributed by atoms with van der Waals surface area (Å²) < 4.78 is 0. The number of rotatable bonds is 4. The number of benzene rings is 2. The van der Waals surface area contributed by atoms with Crippen molar-refractivity contribution in [1.82, 2.24) is 5.32 Å². The lowest BCUT2D eigenvalue weighted by atomic mass is 9.74. The van der Waals surface area contributed by atoms with E-state index in [1.807, 2.05) is 14.1 Å². The number of amides is 1. The number of aryl methyl sites for hydroxylation is 1. The van der Waals surface area contributed by atoms with Gasteiger partial charge in [-0.2, -0.15) is 0 Å². The van der Waals surface area contributed by atoms with Crippen LogP contribution < -0.4 is 15.1 Å². The molecule has 1 fully saturated rings. The number of hydrogen-bond acceptors (Lipinski definition) is 3. The third-order valence-electron chi connectivity index (χ3n) is 6.53. The van der Waals surface area contributed by atoms with Crippen LogP contribution in [-0.2, 0) is 10.2 Å². The van der Waals surface area contributed by atoms with Crippen LogP contribution in [0.2, 0.25) is 0 Å². The van der Waals surface area contributed by atoms with Gasteiger partial charge in [-0.15, -0.1) is 0 Å². The lowest BCUT2D eigenvalue weighted by Gasteiger charge is -2.49. The minimum absolute atomic E-state index is 0.108. The summed E-state index contributed by atoms with van der Waals surface area (Å²) in [5.41, 5.74) is 5.28. The highest BCUT2D eigenvalue weighted by atomic mass is 16.2. The van der Waals surface area contributed by atoms with Crippen LogP contribution in [0.15, 0.2) is 60.7 Å². The topological polar surface area (TPSA) is 35.6 Å². The Hall–Kier alpha value is -3.01. The summed E-state index contributed by atoms with van der Waals surface area (Å²) in [6.07, 6.45) is 8.90. The van der Waals surface area contributed by atoms with Crippen LogP contribution in [-0.4, -0.2) is 32.2 Å². The highest BCUT2D eigenvalue weighted by molar-refractivity contribution is 5.84. The summed E-state index contributed by atoms with van der Waals surface area (Å²) in [5, 5.41) is 3.33. The third-order valence-corrected chi connectivity index (χ3v) is 6.53. The Morgan fingerprint density at radius 3 is 2.50 bits per heavy atom. The summed E-state index contributed by atoms with van der Waals surface area (Å²) in [4.78, 5) is 16.9. The van der Waals surface area contributed by atoms with Crippen molar-refractivity contribution in [3.63, 3.8) is 0 Å². The highest BCUT2D eigenvalue weighted by Gasteiger charge is 2.57. The number of carbonyl (C=O) groups is 1. The first kappa shape index (κ1) is 20.3. The molecule has 2 aliphatic rings. The highest BCUT2D eigenvalue weighted by Crippen LogP contribution is 2.52. The van der Waals surface area contributed by atoms with Crippen molar-refractivity contribution in [2.24, 2.45) is 0 Å². The van der Waals surface area contributed by atoms with E-state index in [0.29, 0.717) is 6.42 Å². The first-order valence-corrected chi connectivity index (χ1v) is 10.6. The van der Waals surface area contributed by atoms with E-state index in [4.69, 9.17) is 0 Å². The Morgan fingerprint density at radius 1 is 1.07 bits per heavy atom. The van der Waals surface area contributed by atoms with Crippen LogP contribution in [0.4, 0.5) is 11.4 Å². The molecular formula is C26H31N3O. The minimum Gasteiger partial charge on any atom is -0.378 e. The van der Waals surface area contributed by atoms with Crippen LogP contribution in [0.1, 0.15) is 37.0 Å². The fraction of sp³-hybridized carbons (Fsp3) is 0.346. The molecule has 156 valence electrons. The summed E-state index contributed by atoms with van der Waals surface area (Å²) in [5.74, 6) is 0.108. The summed E-state index contributed by atoms with van der Waals surface area (Å²) >= 11 is 0.